The monoisotopic (exact) mass is 386 g/mol. The molecule has 7 nitrogen and oxygen atoms in total. The van der Waals surface area contributed by atoms with Gasteiger partial charge in [0.25, 0.3) is 5.91 Å². The van der Waals surface area contributed by atoms with Crippen molar-refractivity contribution in [2.75, 3.05) is 24.9 Å². The number of amides is 1. The van der Waals surface area contributed by atoms with Crippen LogP contribution < -0.4 is 20.1 Å². The van der Waals surface area contributed by atoms with E-state index in [0.717, 1.165) is 12.1 Å². The zero-order valence-corrected chi connectivity index (χ0v) is 15.0. The van der Waals surface area contributed by atoms with Crippen LogP contribution in [0.25, 0.3) is 0 Å². The molecule has 0 fully saturated rings. The van der Waals surface area contributed by atoms with Crippen molar-refractivity contribution in [3.63, 3.8) is 0 Å². The van der Waals surface area contributed by atoms with Gasteiger partial charge in [0.15, 0.2) is 23.1 Å². The van der Waals surface area contributed by atoms with Crippen LogP contribution in [-0.4, -0.2) is 30.1 Å². The number of rotatable bonds is 6. The molecule has 0 spiro atoms. The molecule has 0 aliphatic heterocycles. The third kappa shape index (κ3) is 4.32. The number of aromatic nitrogens is 2. The molecule has 9 heteroatoms. The fourth-order valence-corrected chi connectivity index (χ4v) is 2.33. The molecule has 0 saturated heterocycles. The Morgan fingerprint density at radius 2 is 1.57 bits per heavy atom. The molecule has 3 aromatic rings. The quantitative estimate of drug-likeness (QED) is 0.671. The Labute approximate surface area is 159 Å². The van der Waals surface area contributed by atoms with Crippen molar-refractivity contribution < 1.29 is 23.0 Å². The highest BCUT2D eigenvalue weighted by Gasteiger charge is 2.11. The van der Waals surface area contributed by atoms with Crippen LogP contribution in [0.2, 0.25) is 0 Å². The highest BCUT2D eigenvalue weighted by atomic mass is 19.2. The first-order valence-corrected chi connectivity index (χ1v) is 8.07. The van der Waals surface area contributed by atoms with E-state index in [1.807, 2.05) is 0 Å². The number of halogens is 2. The van der Waals surface area contributed by atoms with E-state index in [1.165, 1.54) is 32.7 Å². The molecule has 0 atom stereocenters. The van der Waals surface area contributed by atoms with E-state index in [-0.39, 0.29) is 17.2 Å². The van der Waals surface area contributed by atoms with Crippen molar-refractivity contribution in [2.24, 2.45) is 0 Å². The second-order valence-electron chi connectivity index (χ2n) is 5.57. The summed E-state index contributed by atoms with van der Waals surface area (Å²) in [6, 6.07) is 8.27. The summed E-state index contributed by atoms with van der Waals surface area (Å²) < 4.78 is 36.6. The third-order valence-corrected chi connectivity index (χ3v) is 3.73. The summed E-state index contributed by atoms with van der Waals surface area (Å²) >= 11 is 0. The Morgan fingerprint density at radius 3 is 2.21 bits per heavy atom. The number of carbonyl (C=O) groups excluding carboxylic acids is 1. The van der Waals surface area contributed by atoms with Gasteiger partial charge in [0.1, 0.15) is 0 Å². The van der Waals surface area contributed by atoms with Crippen LogP contribution in [0.3, 0.4) is 0 Å². The number of hydrogen-bond acceptors (Lipinski definition) is 6. The number of carbonyl (C=O) groups is 1. The van der Waals surface area contributed by atoms with Gasteiger partial charge in [-0.1, -0.05) is 0 Å². The number of anilines is 3. The molecular formula is C19H16F2N4O3. The minimum absolute atomic E-state index is 0.122. The molecule has 144 valence electrons. The predicted octanol–water partition coefficient (Wildman–Crippen LogP) is 3.77. The first-order valence-electron chi connectivity index (χ1n) is 8.07. The maximum atomic E-state index is 13.2. The number of nitrogens with one attached hydrogen (secondary N) is 2. The van der Waals surface area contributed by atoms with E-state index in [1.54, 1.807) is 18.2 Å². The van der Waals surface area contributed by atoms with Crippen molar-refractivity contribution in [3.8, 4) is 11.5 Å². The third-order valence-electron chi connectivity index (χ3n) is 3.73. The van der Waals surface area contributed by atoms with Crippen LogP contribution in [-0.2, 0) is 0 Å². The van der Waals surface area contributed by atoms with E-state index < -0.39 is 17.5 Å². The molecule has 0 aliphatic carbocycles. The molecular weight excluding hydrogens is 370 g/mol. The van der Waals surface area contributed by atoms with E-state index in [0.29, 0.717) is 17.2 Å². The summed E-state index contributed by atoms with van der Waals surface area (Å²) in [5.74, 6) is -1.22. The van der Waals surface area contributed by atoms with Gasteiger partial charge in [-0.2, -0.15) is 0 Å². The summed E-state index contributed by atoms with van der Waals surface area (Å²) in [7, 11) is 3.07. The maximum Gasteiger partial charge on any atom is 0.258 e. The van der Waals surface area contributed by atoms with Crippen LogP contribution >= 0.6 is 0 Å². The number of benzene rings is 2. The fourth-order valence-electron chi connectivity index (χ4n) is 2.33. The molecule has 0 aliphatic rings. The van der Waals surface area contributed by atoms with Crippen LogP contribution in [0, 0.1) is 11.6 Å². The second-order valence-corrected chi connectivity index (χ2v) is 5.57. The molecule has 0 bridgehead atoms. The van der Waals surface area contributed by atoms with E-state index in [2.05, 4.69) is 20.6 Å². The average molecular weight is 386 g/mol. The summed E-state index contributed by atoms with van der Waals surface area (Å²) in [4.78, 5) is 20.3. The average Bonchev–Trinajstić information content (AvgIpc) is 2.71. The Morgan fingerprint density at radius 1 is 0.893 bits per heavy atom. The summed E-state index contributed by atoms with van der Waals surface area (Å²) in [5.41, 5.74) is 0.940. The minimum Gasteiger partial charge on any atom is -0.493 e. The molecule has 0 saturated carbocycles. The highest BCUT2D eigenvalue weighted by Crippen LogP contribution is 2.30. The van der Waals surface area contributed by atoms with Gasteiger partial charge in [-0.15, -0.1) is 0 Å². The molecule has 1 heterocycles. The zero-order valence-electron chi connectivity index (χ0n) is 15.0. The Hall–Kier alpha value is -3.75. The Bertz CT molecular complexity index is 997. The summed E-state index contributed by atoms with van der Waals surface area (Å²) in [6.07, 6.45) is 2.62. The SMILES string of the molecule is COc1ccc(Nc2ncc(C(=O)Nc3ccc(F)c(F)c3)cn2)cc1OC. The van der Waals surface area contributed by atoms with Gasteiger partial charge < -0.3 is 20.1 Å². The van der Waals surface area contributed by atoms with Crippen LogP contribution in [0.4, 0.5) is 26.1 Å². The molecule has 3 rings (SSSR count). The smallest absolute Gasteiger partial charge is 0.258 e. The van der Waals surface area contributed by atoms with Crippen LogP contribution in [0.5, 0.6) is 11.5 Å². The minimum atomic E-state index is -1.05. The molecule has 1 aromatic heterocycles. The Kier molecular flexibility index (Phi) is 5.64. The largest absolute Gasteiger partial charge is 0.493 e. The van der Waals surface area contributed by atoms with E-state index >= 15 is 0 Å². The van der Waals surface area contributed by atoms with Gasteiger partial charge in [0, 0.05) is 35.9 Å². The van der Waals surface area contributed by atoms with Gasteiger partial charge in [0.2, 0.25) is 5.95 Å². The van der Waals surface area contributed by atoms with Crippen molar-refractivity contribution in [1.29, 1.82) is 0 Å². The predicted molar refractivity (Wildman–Crippen MR) is 99.2 cm³/mol. The number of hydrogen-bond donors (Lipinski definition) is 2. The molecule has 1 amide bonds. The lowest BCUT2D eigenvalue weighted by Gasteiger charge is -2.10. The molecule has 0 radical (unpaired) electrons. The summed E-state index contributed by atoms with van der Waals surface area (Å²) in [6.45, 7) is 0. The van der Waals surface area contributed by atoms with E-state index in [9.17, 15) is 13.6 Å². The van der Waals surface area contributed by atoms with Crippen LogP contribution in [0.1, 0.15) is 10.4 Å². The second kappa shape index (κ2) is 8.30. The number of ether oxygens (including phenoxy) is 2. The first kappa shape index (κ1) is 19.0. The van der Waals surface area contributed by atoms with Crippen LogP contribution in [0.15, 0.2) is 48.8 Å². The first-order chi connectivity index (χ1) is 13.5. The lowest BCUT2D eigenvalue weighted by molar-refractivity contribution is 0.102. The van der Waals surface area contributed by atoms with Crippen molar-refractivity contribution in [3.05, 3.63) is 66.0 Å². The number of methoxy groups -OCH3 is 2. The number of nitrogens with zero attached hydrogens (tertiary/aromatic N) is 2. The van der Waals surface area contributed by atoms with Gasteiger partial charge in [0.05, 0.1) is 19.8 Å². The molecule has 0 unspecified atom stereocenters. The van der Waals surface area contributed by atoms with Gasteiger partial charge in [-0.25, -0.2) is 18.7 Å². The van der Waals surface area contributed by atoms with Crippen molar-refractivity contribution in [2.45, 2.75) is 0 Å². The Balaban J connectivity index is 1.69. The fraction of sp³-hybridized carbons (Fsp3) is 0.105. The maximum absolute atomic E-state index is 13.2. The topological polar surface area (TPSA) is 85.4 Å². The highest BCUT2D eigenvalue weighted by molar-refractivity contribution is 6.03. The molecule has 28 heavy (non-hydrogen) atoms. The van der Waals surface area contributed by atoms with Crippen molar-refractivity contribution in [1.82, 2.24) is 9.97 Å². The van der Waals surface area contributed by atoms with Crippen molar-refractivity contribution >= 4 is 23.2 Å². The normalized spacial score (nSPS) is 10.3. The van der Waals surface area contributed by atoms with Gasteiger partial charge >= 0.3 is 0 Å². The van der Waals surface area contributed by atoms with Gasteiger partial charge in [-0.3, -0.25) is 4.79 Å². The lowest BCUT2D eigenvalue weighted by atomic mass is 10.2. The standard InChI is InChI=1S/C19H16F2N4O3/c1-27-16-6-4-13(8-17(16)28-2)25-19-22-9-11(10-23-19)18(26)24-12-3-5-14(20)15(21)7-12/h3-10H,1-2H3,(H,24,26)(H,22,23,25). The molecule has 2 N–H and O–H groups in total. The molecule has 2 aromatic carbocycles. The summed E-state index contributed by atoms with van der Waals surface area (Å²) in [5, 5.41) is 5.43. The van der Waals surface area contributed by atoms with Gasteiger partial charge in [-0.05, 0) is 24.3 Å². The zero-order chi connectivity index (χ0) is 20.1. The van der Waals surface area contributed by atoms with E-state index in [4.69, 9.17) is 9.47 Å². The lowest BCUT2D eigenvalue weighted by Crippen LogP contribution is -2.13.